The number of likely N-dealkylation sites (N-methyl/N-ethyl adjacent to an activating group) is 1. The molecule has 5 nitrogen and oxygen atoms in total. The molecule has 0 bridgehead atoms. The van der Waals surface area contributed by atoms with E-state index < -0.39 is 5.97 Å². The first kappa shape index (κ1) is 14.7. The average molecular weight is 281 g/mol. The molecule has 1 saturated heterocycles. The fraction of sp³-hybridized carbons (Fsp3) is 0.500. The summed E-state index contributed by atoms with van der Waals surface area (Å²) in [6, 6.07) is 4.99. The Morgan fingerprint density at radius 2 is 2.15 bits per heavy atom. The summed E-state index contributed by atoms with van der Waals surface area (Å²) >= 11 is 0. The molecule has 1 heterocycles. The van der Waals surface area contributed by atoms with Crippen molar-refractivity contribution in [3.8, 4) is 0 Å². The Bertz CT molecular complexity index is 475. The van der Waals surface area contributed by atoms with Crippen molar-refractivity contribution >= 4 is 11.7 Å². The van der Waals surface area contributed by atoms with E-state index >= 15 is 0 Å². The van der Waals surface area contributed by atoms with Gasteiger partial charge in [0, 0.05) is 32.7 Å². The van der Waals surface area contributed by atoms with Gasteiger partial charge in [-0.25, -0.2) is 4.39 Å². The Kier molecular flexibility index (Phi) is 4.92. The van der Waals surface area contributed by atoms with Gasteiger partial charge in [0.05, 0.1) is 12.2 Å². The number of carboxylic acids is 1. The highest BCUT2D eigenvalue weighted by Crippen LogP contribution is 2.22. The average Bonchev–Trinajstić information content (AvgIpc) is 2.41. The van der Waals surface area contributed by atoms with Crippen LogP contribution >= 0.6 is 0 Å². The van der Waals surface area contributed by atoms with Crippen LogP contribution in [-0.4, -0.2) is 55.7 Å². The number of aliphatic carboxylic acids is 1. The fourth-order valence-electron chi connectivity index (χ4n) is 2.40. The lowest BCUT2D eigenvalue weighted by Crippen LogP contribution is -2.43. The van der Waals surface area contributed by atoms with Gasteiger partial charge in [0.25, 0.3) is 0 Å². The number of nitrogens with one attached hydrogen (secondary N) is 1. The summed E-state index contributed by atoms with van der Waals surface area (Å²) in [4.78, 5) is 14.4. The highest BCUT2D eigenvalue weighted by molar-refractivity contribution is 5.69. The molecular weight excluding hydrogens is 261 g/mol. The number of carbonyl (C=O) groups is 1. The summed E-state index contributed by atoms with van der Waals surface area (Å²) < 4.78 is 13.9. The van der Waals surface area contributed by atoms with Crippen molar-refractivity contribution < 1.29 is 14.3 Å². The first-order valence-corrected chi connectivity index (χ1v) is 6.70. The number of nitrogens with zero attached hydrogens (tertiary/aromatic N) is 2. The highest BCUT2D eigenvalue weighted by Gasteiger charge is 2.15. The maximum atomic E-state index is 13.9. The Labute approximate surface area is 118 Å². The summed E-state index contributed by atoms with van der Waals surface area (Å²) in [6.07, 6.45) is 0. The van der Waals surface area contributed by atoms with E-state index in [1.54, 1.807) is 18.0 Å². The highest BCUT2D eigenvalue weighted by atomic mass is 19.1. The second-order valence-electron chi connectivity index (χ2n) is 5.09. The number of halogens is 1. The quantitative estimate of drug-likeness (QED) is 0.834. The van der Waals surface area contributed by atoms with E-state index in [9.17, 15) is 9.18 Å². The summed E-state index contributed by atoms with van der Waals surface area (Å²) in [5, 5.41) is 12.0. The van der Waals surface area contributed by atoms with Crippen LogP contribution in [0.15, 0.2) is 18.2 Å². The SMILES string of the molecule is CN(CC(=O)O)Cc1ccc(F)c(N2CCNCC2)c1. The van der Waals surface area contributed by atoms with Gasteiger partial charge in [0.1, 0.15) is 5.82 Å². The number of benzene rings is 1. The molecule has 0 aromatic heterocycles. The van der Waals surface area contributed by atoms with Gasteiger partial charge in [-0.15, -0.1) is 0 Å². The van der Waals surface area contributed by atoms with Crippen LogP contribution in [0.5, 0.6) is 0 Å². The van der Waals surface area contributed by atoms with Gasteiger partial charge in [0.15, 0.2) is 0 Å². The number of carboxylic acid groups (broad SMARTS) is 1. The molecule has 1 fully saturated rings. The molecule has 0 unspecified atom stereocenters. The second-order valence-corrected chi connectivity index (χ2v) is 5.09. The van der Waals surface area contributed by atoms with Gasteiger partial charge in [-0.1, -0.05) is 6.07 Å². The lowest BCUT2D eigenvalue weighted by Gasteiger charge is -2.30. The third-order valence-electron chi connectivity index (χ3n) is 3.33. The van der Waals surface area contributed by atoms with Crippen molar-refractivity contribution in [2.45, 2.75) is 6.54 Å². The Morgan fingerprint density at radius 3 is 2.80 bits per heavy atom. The molecule has 2 rings (SSSR count). The van der Waals surface area contributed by atoms with Crippen LogP contribution in [0.4, 0.5) is 10.1 Å². The van der Waals surface area contributed by atoms with Crippen LogP contribution in [-0.2, 0) is 11.3 Å². The second kappa shape index (κ2) is 6.67. The molecule has 20 heavy (non-hydrogen) atoms. The van der Waals surface area contributed by atoms with Crippen molar-refractivity contribution in [1.82, 2.24) is 10.2 Å². The largest absolute Gasteiger partial charge is 0.480 e. The Hall–Kier alpha value is -1.66. The van der Waals surface area contributed by atoms with Crippen molar-refractivity contribution in [2.24, 2.45) is 0 Å². The van der Waals surface area contributed by atoms with Crippen molar-refractivity contribution in [2.75, 3.05) is 44.7 Å². The Morgan fingerprint density at radius 1 is 1.45 bits per heavy atom. The van der Waals surface area contributed by atoms with E-state index in [0.29, 0.717) is 12.2 Å². The molecule has 110 valence electrons. The first-order valence-electron chi connectivity index (χ1n) is 6.70. The molecule has 6 heteroatoms. The van der Waals surface area contributed by atoms with Gasteiger partial charge in [-0.2, -0.15) is 0 Å². The maximum absolute atomic E-state index is 13.9. The van der Waals surface area contributed by atoms with Crippen molar-refractivity contribution in [3.05, 3.63) is 29.6 Å². The molecule has 1 aromatic rings. The van der Waals surface area contributed by atoms with Gasteiger partial charge in [-0.05, 0) is 24.7 Å². The smallest absolute Gasteiger partial charge is 0.317 e. The fourth-order valence-corrected chi connectivity index (χ4v) is 2.40. The molecule has 1 aromatic carbocycles. The van der Waals surface area contributed by atoms with Crippen LogP contribution in [0.3, 0.4) is 0 Å². The van der Waals surface area contributed by atoms with Crippen LogP contribution < -0.4 is 10.2 Å². The number of rotatable bonds is 5. The molecule has 0 atom stereocenters. The topological polar surface area (TPSA) is 55.8 Å². The van der Waals surface area contributed by atoms with E-state index in [0.717, 1.165) is 31.7 Å². The van der Waals surface area contributed by atoms with Gasteiger partial charge >= 0.3 is 5.97 Å². The number of hydrogen-bond donors (Lipinski definition) is 2. The summed E-state index contributed by atoms with van der Waals surface area (Å²) in [5.41, 5.74) is 1.52. The van der Waals surface area contributed by atoms with E-state index in [2.05, 4.69) is 5.32 Å². The monoisotopic (exact) mass is 281 g/mol. The molecular formula is C14H20FN3O2. The van der Waals surface area contributed by atoms with E-state index in [1.165, 1.54) is 6.07 Å². The summed E-state index contributed by atoms with van der Waals surface area (Å²) in [6.45, 7) is 3.73. The van der Waals surface area contributed by atoms with E-state index in [4.69, 9.17) is 5.11 Å². The molecule has 2 N–H and O–H groups in total. The molecule has 0 radical (unpaired) electrons. The third kappa shape index (κ3) is 3.91. The summed E-state index contributed by atoms with van der Waals surface area (Å²) in [7, 11) is 1.74. The van der Waals surface area contributed by atoms with E-state index in [-0.39, 0.29) is 12.4 Å². The zero-order chi connectivity index (χ0) is 14.5. The minimum Gasteiger partial charge on any atom is -0.480 e. The molecule has 0 spiro atoms. The molecule has 0 saturated carbocycles. The molecule has 1 aliphatic rings. The Balaban J connectivity index is 2.09. The van der Waals surface area contributed by atoms with Crippen molar-refractivity contribution in [1.29, 1.82) is 0 Å². The predicted molar refractivity (Wildman–Crippen MR) is 75.5 cm³/mol. The van der Waals surface area contributed by atoms with Crippen LogP contribution in [0, 0.1) is 5.82 Å². The first-order chi connectivity index (χ1) is 9.56. The van der Waals surface area contributed by atoms with E-state index in [1.807, 2.05) is 11.0 Å². The third-order valence-corrected chi connectivity index (χ3v) is 3.33. The number of anilines is 1. The minimum absolute atomic E-state index is 0.0274. The minimum atomic E-state index is -0.864. The van der Waals surface area contributed by atoms with Crippen LogP contribution in [0.2, 0.25) is 0 Å². The predicted octanol–water partition coefficient (Wildman–Crippen LogP) is 0.752. The van der Waals surface area contributed by atoms with Gasteiger partial charge in [0.2, 0.25) is 0 Å². The van der Waals surface area contributed by atoms with Crippen LogP contribution in [0.25, 0.3) is 0 Å². The zero-order valence-corrected chi connectivity index (χ0v) is 11.6. The molecule has 1 aliphatic heterocycles. The zero-order valence-electron chi connectivity index (χ0n) is 11.6. The lowest BCUT2D eigenvalue weighted by molar-refractivity contribution is -0.138. The molecule has 0 amide bonds. The van der Waals surface area contributed by atoms with Gasteiger partial charge in [-0.3, -0.25) is 9.69 Å². The summed E-state index contributed by atoms with van der Waals surface area (Å²) in [5.74, 6) is -1.09. The number of piperazine rings is 1. The van der Waals surface area contributed by atoms with Crippen LogP contribution in [0.1, 0.15) is 5.56 Å². The van der Waals surface area contributed by atoms with Gasteiger partial charge < -0.3 is 15.3 Å². The normalized spacial score (nSPS) is 15.7. The number of hydrogen-bond acceptors (Lipinski definition) is 4. The molecule has 0 aliphatic carbocycles. The van der Waals surface area contributed by atoms with Crippen molar-refractivity contribution in [3.63, 3.8) is 0 Å². The maximum Gasteiger partial charge on any atom is 0.317 e. The standard InChI is InChI=1S/C14H20FN3O2/c1-17(10-14(19)20)9-11-2-3-12(15)13(8-11)18-6-4-16-5-7-18/h2-3,8,16H,4-7,9-10H2,1H3,(H,19,20). The lowest BCUT2D eigenvalue weighted by atomic mass is 10.1.